The highest BCUT2D eigenvalue weighted by Gasteiger charge is 2.31. The highest BCUT2D eigenvalue weighted by Crippen LogP contribution is 2.44. The predicted molar refractivity (Wildman–Crippen MR) is 109 cm³/mol. The molecule has 1 aliphatic rings. The number of hydrogen-bond donors (Lipinski definition) is 2. The van der Waals surface area contributed by atoms with Crippen molar-refractivity contribution in [3.05, 3.63) is 95.6 Å². The maximum Gasteiger partial charge on any atom is 0.407 e. The highest BCUT2D eigenvalue weighted by molar-refractivity contribution is 5.79. The standard InChI is InChI=1S/C24H21NO4/c26-16-24(28,17-8-2-1-3-9-17)15-25-23(27)29-14-22-20-12-6-4-10-18(20)19-11-5-7-13-21(19)22/h1-13,16,22,28H,14-15H2,(H,25,27)/t24-/m0/s1. The minimum absolute atomic E-state index is 0.0489. The fraction of sp³-hybridized carbons (Fsp3) is 0.167. The van der Waals surface area contributed by atoms with E-state index in [2.05, 4.69) is 17.4 Å². The normalized spacial score (nSPS) is 14.4. The van der Waals surface area contributed by atoms with Crippen LogP contribution in [0.25, 0.3) is 11.1 Å². The van der Waals surface area contributed by atoms with Crippen LogP contribution >= 0.6 is 0 Å². The van der Waals surface area contributed by atoms with Crippen LogP contribution in [0.2, 0.25) is 0 Å². The first-order valence-electron chi connectivity index (χ1n) is 9.45. The van der Waals surface area contributed by atoms with Crippen LogP contribution in [0.4, 0.5) is 4.79 Å². The quantitative estimate of drug-likeness (QED) is 0.634. The number of aliphatic hydroxyl groups is 1. The molecule has 0 spiro atoms. The third-order valence-corrected chi connectivity index (χ3v) is 5.31. The predicted octanol–water partition coefficient (Wildman–Crippen LogP) is 3.61. The van der Waals surface area contributed by atoms with Gasteiger partial charge in [-0.2, -0.15) is 0 Å². The van der Waals surface area contributed by atoms with E-state index in [1.165, 1.54) is 0 Å². The van der Waals surface area contributed by atoms with Crippen molar-refractivity contribution in [3.63, 3.8) is 0 Å². The summed E-state index contributed by atoms with van der Waals surface area (Å²) in [5.74, 6) is -0.0489. The molecule has 0 aliphatic heterocycles. The van der Waals surface area contributed by atoms with Gasteiger partial charge in [0.25, 0.3) is 0 Å². The minimum Gasteiger partial charge on any atom is -0.449 e. The highest BCUT2D eigenvalue weighted by atomic mass is 16.5. The van der Waals surface area contributed by atoms with Gasteiger partial charge in [-0.1, -0.05) is 78.9 Å². The zero-order valence-corrected chi connectivity index (χ0v) is 15.7. The second-order valence-electron chi connectivity index (χ2n) is 7.09. The maximum absolute atomic E-state index is 12.3. The summed E-state index contributed by atoms with van der Waals surface area (Å²) >= 11 is 0. The molecule has 2 N–H and O–H groups in total. The average molecular weight is 387 g/mol. The van der Waals surface area contributed by atoms with Gasteiger partial charge in [-0.25, -0.2) is 4.79 Å². The van der Waals surface area contributed by atoms with Crippen molar-refractivity contribution in [1.82, 2.24) is 5.32 Å². The molecule has 0 radical (unpaired) electrons. The van der Waals surface area contributed by atoms with E-state index in [9.17, 15) is 14.7 Å². The molecule has 0 bridgehead atoms. The molecule has 29 heavy (non-hydrogen) atoms. The van der Waals surface area contributed by atoms with E-state index in [0.717, 1.165) is 22.3 Å². The topological polar surface area (TPSA) is 75.6 Å². The van der Waals surface area contributed by atoms with Crippen LogP contribution < -0.4 is 5.32 Å². The molecular formula is C24H21NO4. The molecule has 1 atom stereocenters. The Morgan fingerprint density at radius 2 is 1.48 bits per heavy atom. The van der Waals surface area contributed by atoms with Gasteiger partial charge in [-0.15, -0.1) is 0 Å². The summed E-state index contributed by atoms with van der Waals surface area (Å²) in [6.07, 6.45) is -0.255. The summed E-state index contributed by atoms with van der Waals surface area (Å²) < 4.78 is 5.44. The SMILES string of the molecule is O=C[C@@](O)(CNC(=O)OCC1c2ccccc2-c2ccccc21)c1ccccc1. The van der Waals surface area contributed by atoms with Crippen molar-refractivity contribution in [3.8, 4) is 11.1 Å². The van der Waals surface area contributed by atoms with E-state index in [-0.39, 0.29) is 19.1 Å². The van der Waals surface area contributed by atoms with Gasteiger partial charge < -0.3 is 15.2 Å². The number of hydrogen-bond acceptors (Lipinski definition) is 4. The van der Waals surface area contributed by atoms with E-state index in [1.54, 1.807) is 30.3 Å². The van der Waals surface area contributed by atoms with E-state index in [4.69, 9.17) is 4.74 Å². The number of alkyl carbamates (subject to hydrolysis) is 1. The van der Waals surface area contributed by atoms with Gasteiger partial charge in [0.05, 0.1) is 6.54 Å². The lowest BCUT2D eigenvalue weighted by Crippen LogP contribution is -2.42. The summed E-state index contributed by atoms with van der Waals surface area (Å²) in [4.78, 5) is 23.7. The van der Waals surface area contributed by atoms with Gasteiger partial charge in [0.1, 0.15) is 6.61 Å². The molecule has 0 unspecified atom stereocenters. The summed E-state index contributed by atoms with van der Waals surface area (Å²) in [7, 11) is 0. The van der Waals surface area contributed by atoms with Crippen molar-refractivity contribution in [2.45, 2.75) is 11.5 Å². The van der Waals surface area contributed by atoms with Gasteiger partial charge in [0.2, 0.25) is 0 Å². The Morgan fingerprint density at radius 1 is 0.931 bits per heavy atom. The van der Waals surface area contributed by atoms with Gasteiger partial charge in [-0.05, 0) is 27.8 Å². The number of aldehydes is 1. The second kappa shape index (κ2) is 7.89. The first-order valence-corrected chi connectivity index (χ1v) is 9.45. The molecule has 3 aromatic carbocycles. The van der Waals surface area contributed by atoms with Crippen LogP contribution in [-0.4, -0.2) is 30.6 Å². The lowest BCUT2D eigenvalue weighted by Gasteiger charge is -2.22. The van der Waals surface area contributed by atoms with Crippen molar-refractivity contribution >= 4 is 12.4 Å². The van der Waals surface area contributed by atoms with Crippen LogP contribution in [-0.2, 0) is 15.1 Å². The first kappa shape index (κ1) is 18.9. The van der Waals surface area contributed by atoms with Crippen LogP contribution in [0.5, 0.6) is 0 Å². The van der Waals surface area contributed by atoms with E-state index in [0.29, 0.717) is 11.8 Å². The number of carbonyl (C=O) groups excluding carboxylic acids is 2. The zero-order chi connectivity index (χ0) is 20.3. The Hall–Kier alpha value is -3.44. The maximum atomic E-state index is 12.3. The third-order valence-electron chi connectivity index (χ3n) is 5.31. The lowest BCUT2D eigenvalue weighted by molar-refractivity contribution is -0.124. The summed E-state index contributed by atoms with van der Waals surface area (Å²) in [6.45, 7) is -0.0953. The Labute approximate surface area is 169 Å². The number of rotatable bonds is 6. The number of amides is 1. The van der Waals surface area contributed by atoms with Crippen LogP contribution in [0.1, 0.15) is 22.6 Å². The molecule has 0 saturated heterocycles. The molecule has 3 aromatic rings. The molecule has 1 amide bonds. The van der Waals surface area contributed by atoms with E-state index in [1.807, 2.05) is 36.4 Å². The molecule has 4 rings (SSSR count). The molecular weight excluding hydrogens is 366 g/mol. The molecule has 0 saturated carbocycles. The molecule has 5 nitrogen and oxygen atoms in total. The second-order valence-corrected chi connectivity index (χ2v) is 7.09. The Bertz CT molecular complexity index is 988. The van der Waals surface area contributed by atoms with E-state index >= 15 is 0 Å². The number of benzene rings is 3. The third kappa shape index (κ3) is 3.65. The van der Waals surface area contributed by atoms with Crippen molar-refractivity contribution in [2.75, 3.05) is 13.2 Å². The van der Waals surface area contributed by atoms with Crippen LogP contribution in [0.3, 0.4) is 0 Å². The fourth-order valence-corrected chi connectivity index (χ4v) is 3.79. The van der Waals surface area contributed by atoms with Gasteiger partial charge >= 0.3 is 6.09 Å². The number of fused-ring (bicyclic) bond motifs is 3. The van der Waals surface area contributed by atoms with Crippen molar-refractivity contribution < 1.29 is 19.4 Å². The summed E-state index contributed by atoms with van der Waals surface area (Å²) in [5, 5.41) is 13.0. The monoisotopic (exact) mass is 387 g/mol. The Morgan fingerprint density at radius 3 is 2.07 bits per heavy atom. The lowest BCUT2D eigenvalue weighted by atomic mass is 9.95. The van der Waals surface area contributed by atoms with E-state index < -0.39 is 11.7 Å². The number of ether oxygens (including phenoxy) is 1. The average Bonchev–Trinajstić information content (AvgIpc) is 3.10. The molecule has 1 aliphatic carbocycles. The van der Waals surface area contributed by atoms with Crippen LogP contribution in [0.15, 0.2) is 78.9 Å². The first-order chi connectivity index (χ1) is 14.1. The molecule has 0 aromatic heterocycles. The zero-order valence-electron chi connectivity index (χ0n) is 15.7. The van der Waals surface area contributed by atoms with Gasteiger partial charge in [-0.3, -0.25) is 4.79 Å². The summed E-state index contributed by atoms with van der Waals surface area (Å²) in [6, 6.07) is 24.7. The van der Waals surface area contributed by atoms with Crippen LogP contribution in [0, 0.1) is 0 Å². The van der Waals surface area contributed by atoms with Gasteiger partial charge in [0.15, 0.2) is 11.9 Å². The molecule has 0 heterocycles. The smallest absolute Gasteiger partial charge is 0.407 e. The number of nitrogens with one attached hydrogen (secondary N) is 1. The molecule has 0 fully saturated rings. The number of carbonyl (C=O) groups is 2. The fourth-order valence-electron chi connectivity index (χ4n) is 3.79. The Kier molecular flexibility index (Phi) is 5.14. The van der Waals surface area contributed by atoms with Crippen molar-refractivity contribution in [1.29, 1.82) is 0 Å². The Balaban J connectivity index is 1.42. The molecule has 146 valence electrons. The summed E-state index contributed by atoms with van der Waals surface area (Å²) in [5.41, 5.74) is 3.15. The van der Waals surface area contributed by atoms with Gasteiger partial charge in [0, 0.05) is 5.92 Å². The molecule has 5 heteroatoms. The minimum atomic E-state index is -1.80. The largest absolute Gasteiger partial charge is 0.449 e. The van der Waals surface area contributed by atoms with Crippen molar-refractivity contribution in [2.24, 2.45) is 0 Å².